The minimum atomic E-state index is -5.06. The summed E-state index contributed by atoms with van der Waals surface area (Å²) in [6.45, 7) is 3.09. The number of carbonyl (C=O) groups excluding carboxylic acids is 1. The Bertz CT molecular complexity index is 1650. The van der Waals surface area contributed by atoms with Crippen LogP contribution in [0.15, 0.2) is 42.6 Å². The van der Waals surface area contributed by atoms with Crippen LogP contribution in [-0.2, 0) is 34.4 Å². The molecule has 18 heteroatoms. The van der Waals surface area contributed by atoms with Crippen LogP contribution in [0.4, 0.5) is 61.6 Å². The van der Waals surface area contributed by atoms with Crippen molar-refractivity contribution in [3.63, 3.8) is 0 Å². The third kappa shape index (κ3) is 8.55. The molecular weight excluding hydrogens is 753 g/mol. The average Bonchev–Trinajstić information content (AvgIpc) is 3.06. The smallest absolute Gasteiger partial charge is 0.416 e. The first-order valence-corrected chi connectivity index (χ1v) is 16.6. The number of anilines is 3. The molecule has 3 heterocycles. The fourth-order valence-corrected chi connectivity index (χ4v) is 6.17. The molecule has 3 aromatic rings. The van der Waals surface area contributed by atoms with E-state index in [4.69, 9.17) is 9.47 Å². The van der Waals surface area contributed by atoms with E-state index < -0.39 is 59.8 Å². The molecule has 0 saturated carbocycles. The molecule has 1 N–H and O–H groups in total. The van der Waals surface area contributed by atoms with Gasteiger partial charge in [0.15, 0.2) is 0 Å². The predicted octanol–water partition coefficient (Wildman–Crippen LogP) is 8.63. The van der Waals surface area contributed by atoms with Gasteiger partial charge in [0, 0.05) is 30.9 Å². The van der Waals surface area contributed by atoms with Gasteiger partial charge in [0.25, 0.3) is 0 Å². The van der Waals surface area contributed by atoms with Crippen molar-refractivity contribution in [1.29, 1.82) is 0 Å². The SMILES string of the molecule is CC[C@@H]1C[C@H](Nc2ncc(N3CCOCC3)c(Cc3cc(C(F)(F)F)cc(C(F)(F)F)c3)n2)c2cc(C(F)(F)F)ccc2N1C(=O)OCCBr. The first kappa shape index (κ1) is 37.5. The Morgan fingerprint density at radius 1 is 0.940 bits per heavy atom. The van der Waals surface area contributed by atoms with E-state index in [0.29, 0.717) is 55.9 Å². The summed E-state index contributed by atoms with van der Waals surface area (Å²) in [4.78, 5) is 25.0. The van der Waals surface area contributed by atoms with E-state index in [0.717, 1.165) is 12.1 Å². The molecule has 2 aromatic carbocycles. The van der Waals surface area contributed by atoms with Gasteiger partial charge in [-0.25, -0.2) is 14.8 Å². The molecule has 1 saturated heterocycles. The number of rotatable bonds is 8. The van der Waals surface area contributed by atoms with Crippen molar-refractivity contribution in [2.45, 2.75) is 56.8 Å². The van der Waals surface area contributed by atoms with Gasteiger partial charge in [-0.15, -0.1) is 0 Å². The van der Waals surface area contributed by atoms with Gasteiger partial charge in [-0.1, -0.05) is 22.9 Å². The second-order valence-corrected chi connectivity index (χ2v) is 12.4. The maximum atomic E-state index is 13.9. The average molecular weight is 785 g/mol. The van der Waals surface area contributed by atoms with E-state index in [-0.39, 0.29) is 47.6 Å². The number of hydrogen-bond donors (Lipinski definition) is 1. The number of ether oxygens (including phenoxy) is 2. The number of carbonyl (C=O) groups is 1. The molecule has 1 aromatic heterocycles. The first-order chi connectivity index (χ1) is 23.5. The van der Waals surface area contributed by atoms with Gasteiger partial charge in [0.05, 0.1) is 59.2 Å². The van der Waals surface area contributed by atoms with Gasteiger partial charge in [-0.2, -0.15) is 39.5 Å². The number of nitrogens with zero attached hydrogens (tertiary/aromatic N) is 4. The van der Waals surface area contributed by atoms with Crippen LogP contribution in [-0.4, -0.2) is 60.3 Å². The first-order valence-electron chi connectivity index (χ1n) is 15.5. The van der Waals surface area contributed by atoms with Gasteiger partial charge in [0.2, 0.25) is 5.95 Å². The predicted molar refractivity (Wildman–Crippen MR) is 168 cm³/mol. The molecule has 0 radical (unpaired) electrons. The number of hydrogen-bond acceptors (Lipinski definition) is 7. The van der Waals surface area contributed by atoms with Crippen molar-refractivity contribution in [3.8, 4) is 0 Å². The van der Waals surface area contributed by atoms with E-state index in [9.17, 15) is 44.3 Å². The van der Waals surface area contributed by atoms with E-state index in [2.05, 4.69) is 31.2 Å². The molecule has 0 bridgehead atoms. The zero-order valence-electron chi connectivity index (χ0n) is 26.4. The molecule has 0 unspecified atom stereocenters. The summed E-state index contributed by atoms with van der Waals surface area (Å²) in [5, 5.41) is 3.37. The van der Waals surface area contributed by atoms with Crippen LogP contribution in [0.1, 0.15) is 59.3 Å². The fourth-order valence-electron chi connectivity index (χ4n) is 6.01. The molecule has 2 aliphatic heterocycles. The molecule has 2 aliphatic rings. The summed E-state index contributed by atoms with van der Waals surface area (Å²) >= 11 is 3.17. The molecule has 8 nitrogen and oxygen atoms in total. The van der Waals surface area contributed by atoms with Crippen LogP contribution >= 0.6 is 15.9 Å². The largest absolute Gasteiger partial charge is 0.448 e. The quantitative estimate of drug-likeness (QED) is 0.181. The monoisotopic (exact) mass is 783 g/mol. The molecular formula is C32H31BrF9N5O3. The Kier molecular flexibility index (Phi) is 11.1. The zero-order valence-corrected chi connectivity index (χ0v) is 27.9. The van der Waals surface area contributed by atoms with Crippen LogP contribution in [0.25, 0.3) is 0 Å². The van der Waals surface area contributed by atoms with E-state index >= 15 is 0 Å². The number of aromatic nitrogens is 2. The standard InChI is InChI=1S/C32H31BrF9N5O3/c1-2-22-16-24(23-15-19(30(34,35)36)3-4-26(23)47(22)29(48)50-8-5-33)44-28-43-17-27(46-6-9-49-10-7-46)25(45-28)13-18-11-20(31(37,38)39)14-21(12-18)32(40,41)42/h3-4,11-12,14-15,17,22,24H,2,5-10,13,16H2,1H3,(H,43,44,45)/t22-,24+/m1/s1. The van der Waals surface area contributed by atoms with E-state index in [1.54, 1.807) is 11.8 Å². The lowest BCUT2D eigenvalue weighted by atomic mass is 9.89. The van der Waals surface area contributed by atoms with Gasteiger partial charge in [0.1, 0.15) is 6.61 Å². The maximum Gasteiger partial charge on any atom is 0.416 e. The highest BCUT2D eigenvalue weighted by molar-refractivity contribution is 9.09. The van der Waals surface area contributed by atoms with Crippen molar-refractivity contribution in [2.75, 3.05) is 53.4 Å². The topological polar surface area (TPSA) is 79.8 Å². The molecule has 0 aliphatic carbocycles. The third-order valence-electron chi connectivity index (χ3n) is 8.35. The van der Waals surface area contributed by atoms with Crippen molar-refractivity contribution in [3.05, 3.63) is 76.1 Å². The van der Waals surface area contributed by atoms with Crippen LogP contribution in [0.5, 0.6) is 0 Å². The normalized spacial score (nSPS) is 18.5. The molecule has 5 rings (SSSR count). The van der Waals surface area contributed by atoms with Crippen molar-refractivity contribution < 1.29 is 53.8 Å². The van der Waals surface area contributed by atoms with E-state index in [1.165, 1.54) is 17.2 Å². The Morgan fingerprint density at radius 2 is 1.58 bits per heavy atom. The zero-order chi connectivity index (χ0) is 36.4. The Morgan fingerprint density at radius 3 is 2.16 bits per heavy atom. The van der Waals surface area contributed by atoms with Gasteiger partial charge in [-0.3, -0.25) is 4.90 Å². The lowest BCUT2D eigenvalue weighted by molar-refractivity contribution is -0.143. The van der Waals surface area contributed by atoms with E-state index in [1.807, 2.05) is 0 Å². The van der Waals surface area contributed by atoms with Crippen LogP contribution in [0.2, 0.25) is 0 Å². The van der Waals surface area contributed by atoms with Crippen molar-refractivity contribution >= 4 is 39.3 Å². The number of fused-ring (bicyclic) bond motifs is 1. The second-order valence-electron chi connectivity index (χ2n) is 11.7. The Labute approximate surface area is 289 Å². The summed E-state index contributed by atoms with van der Waals surface area (Å²) < 4.78 is 134. The molecule has 272 valence electrons. The van der Waals surface area contributed by atoms with Crippen LogP contribution in [0, 0.1) is 0 Å². The molecule has 1 fully saturated rings. The van der Waals surface area contributed by atoms with Gasteiger partial charge in [-0.05, 0) is 60.4 Å². The van der Waals surface area contributed by atoms with Crippen molar-refractivity contribution in [1.82, 2.24) is 9.97 Å². The van der Waals surface area contributed by atoms with Gasteiger partial charge >= 0.3 is 24.6 Å². The number of alkyl halides is 10. The lowest BCUT2D eigenvalue weighted by Crippen LogP contribution is -2.46. The second kappa shape index (κ2) is 14.8. The van der Waals surface area contributed by atoms with Gasteiger partial charge < -0.3 is 19.7 Å². The van der Waals surface area contributed by atoms with Crippen molar-refractivity contribution in [2.24, 2.45) is 0 Å². The summed E-state index contributed by atoms with van der Waals surface area (Å²) in [6.07, 6.45) is -14.2. The van der Waals surface area contributed by atoms with Crippen LogP contribution in [0.3, 0.4) is 0 Å². The molecule has 2 atom stereocenters. The Balaban J connectivity index is 1.57. The summed E-state index contributed by atoms with van der Waals surface area (Å²) in [6, 6.07) is 2.82. The summed E-state index contributed by atoms with van der Waals surface area (Å²) in [5.41, 5.74) is -3.55. The Hall–Kier alpha value is -3.80. The fraction of sp³-hybridized carbons (Fsp3) is 0.469. The molecule has 1 amide bonds. The lowest BCUT2D eigenvalue weighted by Gasteiger charge is -2.40. The number of morpholine rings is 1. The van der Waals surface area contributed by atoms with Crippen LogP contribution < -0.4 is 15.1 Å². The summed E-state index contributed by atoms with van der Waals surface area (Å²) in [7, 11) is 0. The third-order valence-corrected chi connectivity index (χ3v) is 8.68. The number of nitrogens with one attached hydrogen (secondary N) is 1. The highest BCUT2D eigenvalue weighted by atomic mass is 79.9. The molecule has 0 spiro atoms. The number of halogens is 10. The highest BCUT2D eigenvalue weighted by Gasteiger charge is 2.40. The highest BCUT2D eigenvalue weighted by Crippen LogP contribution is 2.43. The number of benzene rings is 2. The minimum Gasteiger partial charge on any atom is -0.448 e. The molecule has 50 heavy (non-hydrogen) atoms. The summed E-state index contributed by atoms with van der Waals surface area (Å²) in [5.74, 6) is -0.126. The maximum absolute atomic E-state index is 13.9. The number of amides is 1. The minimum absolute atomic E-state index is 0.0197.